The van der Waals surface area contributed by atoms with Crippen molar-refractivity contribution >= 4 is 29.4 Å². The van der Waals surface area contributed by atoms with Gasteiger partial charge in [-0.1, -0.05) is 6.07 Å². The maximum Gasteiger partial charge on any atom is 0.343 e. The lowest BCUT2D eigenvalue weighted by atomic mass is 10.2. The lowest BCUT2D eigenvalue weighted by Gasteiger charge is -2.10. The van der Waals surface area contributed by atoms with E-state index in [1.54, 1.807) is 61.7 Å². The van der Waals surface area contributed by atoms with E-state index in [1.807, 2.05) is 5.38 Å². The van der Waals surface area contributed by atoms with E-state index in [2.05, 4.69) is 10.5 Å². The fraction of sp³-hybridized carbons (Fsp3) is 0.0952. The SMILES string of the molecule is COc1ccc(C(=O)Oc2ccc(/C=N\NC(=O)c3cccs3)cc2OC)cc1. The molecule has 0 radical (unpaired) electrons. The van der Waals surface area contributed by atoms with E-state index in [1.165, 1.54) is 24.7 Å². The van der Waals surface area contributed by atoms with E-state index >= 15 is 0 Å². The first-order valence-corrected chi connectivity index (χ1v) is 9.40. The Hall–Kier alpha value is -3.65. The second kappa shape index (κ2) is 9.52. The standard InChI is InChI=1S/C21H18N2O5S/c1-26-16-8-6-15(7-9-16)21(25)28-17-10-5-14(12-18(17)27-2)13-22-23-20(24)19-4-3-11-29-19/h3-13H,1-2H3,(H,23,24)/b22-13-. The molecule has 2 aromatic carbocycles. The van der Waals surface area contributed by atoms with Crippen LogP contribution in [-0.2, 0) is 0 Å². The molecule has 0 spiro atoms. The predicted molar refractivity (Wildman–Crippen MR) is 110 cm³/mol. The van der Waals surface area contributed by atoms with Gasteiger partial charge in [-0.2, -0.15) is 5.10 Å². The monoisotopic (exact) mass is 410 g/mol. The second-order valence-corrected chi connectivity index (χ2v) is 6.65. The van der Waals surface area contributed by atoms with Crippen molar-refractivity contribution in [1.82, 2.24) is 5.43 Å². The van der Waals surface area contributed by atoms with Gasteiger partial charge in [-0.05, 0) is 59.5 Å². The van der Waals surface area contributed by atoms with Crippen LogP contribution in [-0.4, -0.2) is 32.3 Å². The average molecular weight is 410 g/mol. The highest BCUT2D eigenvalue weighted by Gasteiger charge is 2.13. The van der Waals surface area contributed by atoms with E-state index in [-0.39, 0.29) is 11.7 Å². The molecule has 7 nitrogen and oxygen atoms in total. The second-order valence-electron chi connectivity index (χ2n) is 5.70. The molecule has 0 unspecified atom stereocenters. The molecule has 0 saturated heterocycles. The summed E-state index contributed by atoms with van der Waals surface area (Å²) in [6, 6.07) is 15.0. The van der Waals surface area contributed by atoms with Crippen molar-refractivity contribution in [3.05, 3.63) is 76.0 Å². The summed E-state index contributed by atoms with van der Waals surface area (Å²) in [6.45, 7) is 0. The van der Waals surface area contributed by atoms with Crippen molar-refractivity contribution in [2.45, 2.75) is 0 Å². The molecule has 1 aromatic heterocycles. The molecule has 1 heterocycles. The first-order chi connectivity index (χ1) is 14.1. The topological polar surface area (TPSA) is 86.2 Å². The first kappa shape index (κ1) is 20.1. The molecular formula is C21H18N2O5S. The van der Waals surface area contributed by atoms with Crippen molar-refractivity contribution in [2.75, 3.05) is 14.2 Å². The summed E-state index contributed by atoms with van der Waals surface area (Å²) in [6.07, 6.45) is 1.48. The fourth-order valence-electron chi connectivity index (χ4n) is 2.36. The van der Waals surface area contributed by atoms with Gasteiger partial charge in [0.15, 0.2) is 11.5 Å². The van der Waals surface area contributed by atoms with Crippen LogP contribution in [0, 0.1) is 0 Å². The van der Waals surface area contributed by atoms with Gasteiger partial charge in [-0.25, -0.2) is 10.2 Å². The molecule has 0 aliphatic heterocycles. The molecule has 0 fully saturated rings. The number of benzene rings is 2. The minimum atomic E-state index is -0.518. The molecule has 3 aromatic rings. The lowest BCUT2D eigenvalue weighted by Crippen LogP contribution is -2.16. The van der Waals surface area contributed by atoms with Gasteiger partial charge in [0, 0.05) is 0 Å². The number of hydrogen-bond donors (Lipinski definition) is 1. The third kappa shape index (κ3) is 5.20. The Bertz CT molecular complexity index is 1010. The summed E-state index contributed by atoms with van der Waals surface area (Å²) in [4.78, 5) is 24.8. The molecule has 0 atom stereocenters. The van der Waals surface area contributed by atoms with Gasteiger partial charge in [0.05, 0.1) is 30.9 Å². The molecular weight excluding hydrogens is 392 g/mol. The summed E-state index contributed by atoms with van der Waals surface area (Å²) in [7, 11) is 3.02. The van der Waals surface area contributed by atoms with Crippen LogP contribution in [0.4, 0.5) is 0 Å². The normalized spacial score (nSPS) is 10.6. The van der Waals surface area contributed by atoms with Crippen LogP contribution < -0.4 is 19.6 Å². The average Bonchev–Trinajstić information content (AvgIpc) is 3.29. The smallest absolute Gasteiger partial charge is 0.343 e. The van der Waals surface area contributed by atoms with E-state index in [0.29, 0.717) is 27.5 Å². The van der Waals surface area contributed by atoms with Crippen molar-refractivity contribution in [2.24, 2.45) is 5.10 Å². The van der Waals surface area contributed by atoms with Crippen LogP contribution in [0.25, 0.3) is 0 Å². The van der Waals surface area contributed by atoms with Gasteiger partial charge in [-0.15, -0.1) is 11.3 Å². The number of rotatable bonds is 7. The highest BCUT2D eigenvalue weighted by molar-refractivity contribution is 7.12. The van der Waals surface area contributed by atoms with Crippen molar-refractivity contribution in [3.63, 3.8) is 0 Å². The molecule has 29 heavy (non-hydrogen) atoms. The summed E-state index contributed by atoms with van der Waals surface area (Å²) in [5.74, 6) is 0.478. The predicted octanol–water partition coefficient (Wildman–Crippen LogP) is 3.75. The third-order valence-electron chi connectivity index (χ3n) is 3.84. The van der Waals surface area contributed by atoms with Crippen LogP contribution in [0.15, 0.2) is 65.1 Å². The molecule has 1 amide bonds. The molecule has 0 aliphatic rings. The zero-order valence-electron chi connectivity index (χ0n) is 15.7. The van der Waals surface area contributed by atoms with Gasteiger partial charge in [0.2, 0.25) is 0 Å². The number of nitrogens with zero attached hydrogens (tertiary/aromatic N) is 1. The fourth-order valence-corrected chi connectivity index (χ4v) is 2.98. The Morgan fingerprint density at radius 3 is 2.45 bits per heavy atom. The van der Waals surface area contributed by atoms with E-state index < -0.39 is 5.97 Å². The number of ether oxygens (including phenoxy) is 3. The van der Waals surface area contributed by atoms with Crippen LogP contribution in [0.2, 0.25) is 0 Å². The molecule has 0 bridgehead atoms. The summed E-state index contributed by atoms with van der Waals surface area (Å²) in [5, 5.41) is 5.75. The van der Waals surface area contributed by atoms with Gasteiger partial charge in [-0.3, -0.25) is 4.79 Å². The molecule has 8 heteroatoms. The summed E-state index contributed by atoms with van der Waals surface area (Å²) >= 11 is 1.33. The zero-order chi connectivity index (χ0) is 20.6. The van der Waals surface area contributed by atoms with Crippen molar-refractivity contribution in [3.8, 4) is 17.2 Å². The maximum absolute atomic E-state index is 12.3. The number of methoxy groups -OCH3 is 2. The Labute approximate surface area is 171 Å². The van der Waals surface area contributed by atoms with Gasteiger partial charge in [0.25, 0.3) is 5.91 Å². The summed E-state index contributed by atoms with van der Waals surface area (Å²) in [5.41, 5.74) is 3.50. The van der Waals surface area contributed by atoms with Crippen LogP contribution in [0.5, 0.6) is 17.2 Å². The number of amides is 1. The van der Waals surface area contributed by atoms with E-state index in [4.69, 9.17) is 14.2 Å². The molecule has 3 rings (SSSR count). The number of carbonyl (C=O) groups excluding carboxylic acids is 2. The Morgan fingerprint density at radius 2 is 1.79 bits per heavy atom. The quantitative estimate of drug-likeness (QED) is 0.277. The Balaban J connectivity index is 1.67. The van der Waals surface area contributed by atoms with Gasteiger partial charge < -0.3 is 14.2 Å². The van der Waals surface area contributed by atoms with Gasteiger partial charge >= 0.3 is 5.97 Å². The van der Waals surface area contributed by atoms with E-state index in [0.717, 1.165) is 0 Å². The van der Waals surface area contributed by atoms with E-state index in [9.17, 15) is 9.59 Å². The number of nitrogens with one attached hydrogen (secondary N) is 1. The van der Waals surface area contributed by atoms with Crippen molar-refractivity contribution in [1.29, 1.82) is 0 Å². The molecule has 148 valence electrons. The van der Waals surface area contributed by atoms with Crippen LogP contribution >= 0.6 is 11.3 Å². The summed E-state index contributed by atoms with van der Waals surface area (Å²) < 4.78 is 15.8. The number of esters is 1. The number of thiophene rings is 1. The minimum absolute atomic E-state index is 0.271. The number of hydrazone groups is 1. The Morgan fingerprint density at radius 1 is 1.00 bits per heavy atom. The zero-order valence-corrected chi connectivity index (χ0v) is 16.6. The highest BCUT2D eigenvalue weighted by Crippen LogP contribution is 2.28. The maximum atomic E-state index is 12.3. The largest absolute Gasteiger partial charge is 0.497 e. The minimum Gasteiger partial charge on any atom is -0.497 e. The Kier molecular flexibility index (Phi) is 6.59. The first-order valence-electron chi connectivity index (χ1n) is 8.52. The number of hydrogen-bond acceptors (Lipinski definition) is 7. The van der Waals surface area contributed by atoms with Crippen LogP contribution in [0.3, 0.4) is 0 Å². The van der Waals surface area contributed by atoms with Crippen molar-refractivity contribution < 1.29 is 23.8 Å². The number of carbonyl (C=O) groups is 2. The molecule has 0 saturated carbocycles. The van der Waals surface area contributed by atoms with Crippen LogP contribution in [0.1, 0.15) is 25.6 Å². The third-order valence-corrected chi connectivity index (χ3v) is 4.71. The lowest BCUT2D eigenvalue weighted by molar-refractivity contribution is 0.0729. The molecule has 0 aliphatic carbocycles. The molecule has 1 N–H and O–H groups in total. The van der Waals surface area contributed by atoms with Gasteiger partial charge in [0.1, 0.15) is 5.75 Å². The highest BCUT2D eigenvalue weighted by atomic mass is 32.1.